The molecule has 1 saturated carbocycles. The van der Waals surface area contributed by atoms with Crippen LogP contribution in [0.15, 0.2) is 54.1 Å². The second-order valence-electron chi connectivity index (χ2n) is 10.4. The molecule has 0 aromatic heterocycles. The number of halogens is 3. The number of rotatable bonds is 3. The van der Waals surface area contributed by atoms with E-state index in [1.54, 1.807) is 30.3 Å². The molecule has 0 bridgehead atoms. The van der Waals surface area contributed by atoms with Crippen molar-refractivity contribution < 1.29 is 29.0 Å². The summed E-state index contributed by atoms with van der Waals surface area (Å²) in [6.07, 6.45) is 1.97. The maximum Gasteiger partial charge on any atom is 0.253 e. The van der Waals surface area contributed by atoms with Crippen molar-refractivity contribution in [2.24, 2.45) is 17.8 Å². The topological polar surface area (TPSA) is 104 Å². The van der Waals surface area contributed by atoms with E-state index in [0.29, 0.717) is 21.8 Å². The molecule has 202 valence electrons. The van der Waals surface area contributed by atoms with Crippen LogP contribution >= 0.6 is 34.8 Å². The molecule has 0 unspecified atom stereocenters. The number of ether oxygens (including phenoxy) is 1. The highest BCUT2D eigenvalue weighted by Crippen LogP contribution is 2.65. The fourth-order valence-electron chi connectivity index (χ4n) is 6.85. The first-order valence-electron chi connectivity index (χ1n) is 12.4. The van der Waals surface area contributed by atoms with Crippen LogP contribution in [0.2, 0.25) is 5.02 Å². The molecule has 3 fully saturated rings. The van der Waals surface area contributed by atoms with Gasteiger partial charge in [0.2, 0.25) is 11.8 Å². The Bertz CT molecular complexity index is 1490. The molecule has 0 spiro atoms. The fourth-order valence-corrected chi connectivity index (χ4v) is 7.99. The number of benzene rings is 2. The van der Waals surface area contributed by atoms with Crippen molar-refractivity contribution in [3.63, 3.8) is 0 Å². The van der Waals surface area contributed by atoms with E-state index >= 15 is 0 Å². The standard InChI is InChI=1S/C28H23Cl3N2O6/c1-32-25(37)27(30)12-18-16(22(28(27,31)26(32)38)13-3-10-20(39-2)19(34)11-13)8-9-17-21(18)24(36)33(23(17)35)15-6-4-14(29)5-7-15/h3-8,10-11,17-18,21-22,34H,9,12H2,1-2H3/t17-,18+,21-,22-,27+,28-/m0/s1. The quantitative estimate of drug-likeness (QED) is 0.326. The number of hydrogen-bond donors (Lipinski definition) is 1. The van der Waals surface area contributed by atoms with Gasteiger partial charge in [0.25, 0.3) is 11.8 Å². The predicted octanol–water partition coefficient (Wildman–Crippen LogP) is 4.25. The van der Waals surface area contributed by atoms with Gasteiger partial charge in [-0.3, -0.25) is 29.0 Å². The molecule has 2 saturated heterocycles. The van der Waals surface area contributed by atoms with E-state index in [9.17, 15) is 24.3 Å². The second kappa shape index (κ2) is 8.71. The average molecular weight is 590 g/mol. The van der Waals surface area contributed by atoms with Crippen LogP contribution in [0.5, 0.6) is 11.5 Å². The number of fused-ring (bicyclic) bond motifs is 4. The van der Waals surface area contributed by atoms with Crippen molar-refractivity contribution in [2.75, 3.05) is 19.1 Å². The van der Waals surface area contributed by atoms with Crippen molar-refractivity contribution >= 4 is 64.1 Å². The van der Waals surface area contributed by atoms with Crippen molar-refractivity contribution in [2.45, 2.75) is 28.5 Å². The van der Waals surface area contributed by atoms with Gasteiger partial charge >= 0.3 is 0 Å². The minimum absolute atomic E-state index is 0.105. The highest BCUT2D eigenvalue weighted by atomic mass is 35.5. The number of imide groups is 2. The van der Waals surface area contributed by atoms with E-state index in [1.807, 2.05) is 6.08 Å². The summed E-state index contributed by atoms with van der Waals surface area (Å²) in [5.74, 6) is -5.15. The van der Waals surface area contributed by atoms with Gasteiger partial charge < -0.3 is 9.84 Å². The zero-order chi connectivity index (χ0) is 28.0. The summed E-state index contributed by atoms with van der Waals surface area (Å²) in [5, 5.41) is 11.1. The molecule has 2 aliphatic heterocycles. The number of carbonyl (C=O) groups excluding carboxylic acids is 4. The lowest BCUT2D eigenvalue weighted by atomic mass is 9.56. The number of phenolic OH excluding ortho intramolecular Hbond substituents is 1. The number of hydrogen-bond acceptors (Lipinski definition) is 6. The molecule has 11 heteroatoms. The monoisotopic (exact) mass is 588 g/mol. The zero-order valence-electron chi connectivity index (χ0n) is 20.9. The molecule has 1 N–H and O–H groups in total. The molecule has 4 amide bonds. The van der Waals surface area contributed by atoms with Crippen molar-refractivity contribution in [1.29, 1.82) is 0 Å². The summed E-state index contributed by atoms with van der Waals surface area (Å²) < 4.78 is 5.18. The van der Waals surface area contributed by atoms with Gasteiger partial charge in [-0.25, -0.2) is 0 Å². The number of carbonyl (C=O) groups is 4. The molecule has 8 nitrogen and oxygen atoms in total. The summed E-state index contributed by atoms with van der Waals surface area (Å²) in [6.45, 7) is 0. The number of amides is 4. The van der Waals surface area contributed by atoms with E-state index < -0.39 is 51.1 Å². The Morgan fingerprint density at radius 3 is 2.31 bits per heavy atom. The van der Waals surface area contributed by atoms with Crippen LogP contribution in [-0.2, 0) is 19.2 Å². The lowest BCUT2D eigenvalue weighted by Gasteiger charge is -2.50. The molecule has 6 rings (SSSR count). The van der Waals surface area contributed by atoms with Gasteiger partial charge in [-0.1, -0.05) is 29.3 Å². The van der Waals surface area contributed by atoms with Crippen LogP contribution in [-0.4, -0.2) is 57.5 Å². The van der Waals surface area contributed by atoms with Gasteiger partial charge in [-0.2, -0.15) is 0 Å². The summed E-state index contributed by atoms with van der Waals surface area (Å²) in [6, 6.07) is 11.0. The molecular formula is C28H23Cl3N2O6. The Morgan fingerprint density at radius 2 is 1.67 bits per heavy atom. The summed E-state index contributed by atoms with van der Waals surface area (Å²) in [5.41, 5.74) is 1.48. The first-order valence-corrected chi connectivity index (χ1v) is 13.5. The number of allylic oxidation sites excluding steroid dienone is 2. The summed E-state index contributed by atoms with van der Waals surface area (Å²) >= 11 is 20.3. The van der Waals surface area contributed by atoms with Crippen LogP contribution in [0.1, 0.15) is 24.3 Å². The summed E-state index contributed by atoms with van der Waals surface area (Å²) in [4.78, 5) is 52.8. The number of alkyl halides is 2. The third-order valence-electron chi connectivity index (χ3n) is 8.64. The normalized spacial score (nSPS) is 33.6. The minimum atomic E-state index is -1.92. The number of anilines is 1. The van der Waals surface area contributed by atoms with Crippen LogP contribution in [0.25, 0.3) is 0 Å². The van der Waals surface area contributed by atoms with Crippen LogP contribution < -0.4 is 9.64 Å². The van der Waals surface area contributed by atoms with Crippen molar-refractivity contribution in [3.8, 4) is 11.5 Å². The molecule has 4 aliphatic rings. The van der Waals surface area contributed by atoms with Crippen molar-refractivity contribution in [3.05, 3.63) is 64.7 Å². The Hall–Kier alpha value is -3.07. The molecular weight excluding hydrogens is 567 g/mol. The second-order valence-corrected chi connectivity index (χ2v) is 12.1. The number of aromatic hydroxyl groups is 1. The Kier molecular flexibility index (Phi) is 5.85. The lowest BCUT2D eigenvalue weighted by molar-refractivity contribution is -0.138. The zero-order valence-corrected chi connectivity index (χ0v) is 23.1. The maximum atomic E-state index is 13.9. The van der Waals surface area contributed by atoms with E-state index in [-0.39, 0.29) is 30.2 Å². The lowest BCUT2D eigenvalue weighted by Crippen LogP contribution is -2.60. The number of phenols is 1. The molecule has 39 heavy (non-hydrogen) atoms. The Balaban J connectivity index is 1.51. The maximum absolute atomic E-state index is 13.9. The Morgan fingerprint density at radius 1 is 0.974 bits per heavy atom. The predicted molar refractivity (Wildman–Crippen MR) is 144 cm³/mol. The first kappa shape index (κ1) is 26.2. The SMILES string of the molecule is COc1ccc([C@H]2C3=CC[C@@H]4C(=O)N(c5ccc(Cl)cc5)C(=O)[C@@H]4[C@@H]3C[C@@]3(Cl)C(=O)N(C)C(=O)[C@@]23Cl)cc1O. The van der Waals surface area contributed by atoms with Crippen LogP contribution in [0.3, 0.4) is 0 Å². The fraction of sp³-hybridized carbons (Fsp3) is 0.357. The average Bonchev–Trinajstić information content (AvgIpc) is 3.24. The molecule has 0 radical (unpaired) electrons. The van der Waals surface area contributed by atoms with Crippen LogP contribution in [0.4, 0.5) is 5.69 Å². The third kappa shape index (κ3) is 3.31. The van der Waals surface area contributed by atoms with Gasteiger partial charge in [0.15, 0.2) is 21.2 Å². The number of methoxy groups -OCH3 is 1. The number of likely N-dealkylation sites (tertiary alicyclic amines) is 1. The van der Waals surface area contributed by atoms with E-state index in [1.165, 1.54) is 26.3 Å². The first-order chi connectivity index (χ1) is 18.5. The largest absolute Gasteiger partial charge is 0.504 e. The third-order valence-corrected chi connectivity index (χ3v) is 10.3. The smallest absolute Gasteiger partial charge is 0.253 e. The molecule has 2 aromatic carbocycles. The highest BCUT2D eigenvalue weighted by Gasteiger charge is 2.75. The highest BCUT2D eigenvalue weighted by molar-refractivity contribution is 6.53. The number of nitrogens with zero attached hydrogens (tertiary/aromatic N) is 2. The van der Waals surface area contributed by atoms with E-state index in [0.717, 1.165) is 9.80 Å². The minimum Gasteiger partial charge on any atom is -0.504 e. The van der Waals surface area contributed by atoms with Gasteiger partial charge in [0.1, 0.15) is 0 Å². The van der Waals surface area contributed by atoms with Gasteiger partial charge in [0.05, 0.1) is 24.6 Å². The molecule has 2 heterocycles. The van der Waals surface area contributed by atoms with E-state index in [4.69, 9.17) is 39.5 Å². The summed E-state index contributed by atoms with van der Waals surface area (Å²) in [7, 11) is 2.73. The van der Waals surface area contributed by atoms with Crippen LogP contribution in [0, 0.1) is 17.8 Å². The van der Waals surface area contributed by atoms with Gasteiger partial charge in [-0.05, 0) is 60.7 Å². The molecule has 2 aliphatic carbocycles. The van der Waals surface area contributed by atoms with Gasteiger partial charge in [-0.15, -0.1) is 23.2 Å². The van der Waals surface area contributed by atoms with Crippen molar-refractivity contribution in [1.82, 2.24) is 4.90 Å². The molecule has 6 atom stereocenters. The van der Waals surface area contributed by atoms with Gasteiger partial charge in [0, 0.05) is 18.0 Å². The van der Waals surface area contributed by atoms with E-state index in [2.05, 4.69) is 0 Å². The molecule has 2 aromatic rings. The Labute approximate surface area is 239 Å².